The Morgan fingerprint density at radius 1 is 1.05 bits per heavy atom. The van der Waals surface area contributed by atoms with Crippen molar-refractivity contribution in [3.8, 4) is 11.1 Å². The quantitative estimate of drug-likeness (QED) is 0.364. The lowest BCUT2D eigenvalue weighted by Gasteiger charge is -2.32. The highest BCUT2D eigenvalue weighted by Crippen LogP contribution is 2.36. The predicted octanol–water partition coefficient (Wildman–Crippen LogP) is 5.58. The Balaban J connectivity index is 1.39. The molecule has 1 saturated carbocycles. The van der Waals surface area contributed by atoms with Crippen molar-refractivity contribution >= 4 is 17.0 Å². The molecule has 1 N–H and O–H groups in total. The molecule has 200 valence electrons. The lowest BCUT2D eigenvalue weighted by molar-refractivity contribution is 0.148. The zero-order chi connectivity index (χ0) is 25.6. The van der Waals surface area contributed by atoms with Crippen molar-refractivity contribution in [2.75, 3.05) is 52.3 Å². The number of piperazine rings is 1. The number of likely N-dealkylation sites (N-methyl/N-ethyl adjacent to an activating group) is 1. The highest BCUT2D eigenvalue weighted by atomic mass is 16.5. The number of aromatic nitrogens is 3. The van der Waals surface area contributed by atoms with Gasteiger partial charge in [-0.2, -0.15) is 4.98 Å². The van der Waals surface area contributed by atoms with Crippen molar-refractivity contribution in [1.82, 2.24) is 24.3 Å². The van der Waals surface area contributed by atoms with Gasteiger partial charge in [0.25, 0.3) is 0 Å². The summed E-state index contributed by atoms with van der Waals surface area (Å²) in [5.41, 5.74) is 4.94. The first-order chi connectivity index (χ1) is 18.1. The maximum Gasteiger partial charge on any atom is 0.224 e. The minimum absolute atomic E-state index is 0.304. The van der Waals surface area contributed by atoms with E-state index in [4.69, 9.17) is 14.7 Å². The number of methoxy groups -OCH3 is 1. The number of anilines is 1. The molecule has 1 aliphatic heterocycles. The molecule has 2 fully saturated rings. The second-order valence-corrected chi connectivity index (χ2v) is 11.1. The molecule has 2 aliphatic rings. The van der Waals surface area contributed by atoms with E-state index in [0.717, 1.165) is 69.2 Å². The van der Waals surface area contributed by atoms with Crippen LogP contribution in [0.25, 0.3) is 22.2 Å². The number of fused-ring (bicyclic) bond motifs is 1. The number of nitrogens with one attached hydrogen (secondary N) is 1. The SMILES string of the molecule is COCCCC(C)Nc1ncc2c(-c3ccc(CN4CCN(C)CC4)cc3)cn(C3CCCCC3)c2n1. The minimum atomic E-state index is 0.304. The lowest BCUT2D eigenvalue weighted by atomic mass is 9.95. The summed E-state index contributed by atoms with van der Waals surface area (Å²) < 4.78 is 7.66. The van der Waals surface area contributed by atoms with Gasteiger partial charge in [0.2, 0.25) is 5.95 Å². The van der Waals surface area contributed by atoms with Crippen LogP contribution >= 0.6 is 0 Å². The Labute approximate surface area is 222 Å². The van der Waals surface area contributed by atoms with Crippen molar-refractivity contribution in [2.45, 2.75) is 70.5 Å². The van der Waals surface area contributed by atoms with Crippen LogP contribution in [0.5, 0.6) is 0 Å². The zero-order valence-electron chi connectivity index (χ0n) is 23.0. The highest BCUT2D eigenvalue weighted by Gasteiger charge is 2.22. The highest BCUT2D eigenvalue weighted by molar-refractivity contribution is 5.94. The van der Waals surface area contributed by atoms with E-state index >= 15 is 0 Å². The number of benzene rings is 1. The third kappa shape index (κ3) is 6.51. The molecule has 1 saturated heterocycles. The van der Waals surface area contributed by atoms with E-state index in [1.807, 2.05) is 6.20 Å². The normalized spacial score (nSPS) is 18.9. The van der Waals surface area contributed by atoms with E-state index in [2.05, 4.69) is 64.1 Å². The Morgan fingerprint density at radius 2 is 1.81 bits per heavy atom. The molecule has 0 amide bonds. The molecule has 5 rings (SSSR count). The van der Waals surface area contributed by atoms with Crippen LogP contribution in [0.3, 0.4) is 0 Å². The van der Waals surface area contributed by atoms with Gasteiger partial charge in [0.1, 0.15) is 5.65 Å². The van der Waals surface area contributed by atoms with Crippen LogP contribution in [-0.4, -0.2) is 77.3 Å². The van der Waals surface area contributed by atoms with Crippen LogP contribution in [0, 0.1) is 0 Å². The first-order valence-corrected chi connectivity index (χ1v) is 14.2. The Kier molecular flexibility index (Phi) is 8.74. The van der Waals surface area contributed by atoms with Gasteiger partial charge in [-0.25, -0.2) is 4.98 Å². The van der Waals surface area contributed by atoms with Crippen molar-refractivity contribution in [1.29, 1.82) is 0 Å². The molecule has 0 radical (unpaired) electrons. The summed E-state index contributed by atoms with van der Waals surface area (Å²) in [6.07, 6.45) is 12.8. The molecule has 0 bridgehead atoms. The van der Waals surface area contributed by atoms with Crippen LogP contribution in [0.4, 0.5) is 5.95 Å². The van der Waals surface area contributed by atoms with Gasteiger partial charge in [-0.05, 0) is 50.8 Å². The van der Waals surface area contributed by atoms with Gasteiger partial charge in [-0.3, -0.25) is 4.90 Å². The van der Waals surface area contributed by atoms with Crippen molar-refractivity contribution in [3.05, 3.63) is 42.2 Å². The third-order valence-corrected chi connectivity index (χ3v) is 8.17. The summed E-state index contributed by atoms with van der Waals surface area (Å²) in [4.78, 5) is 14.8. The number of hydrogen-bond donors (Lipinski definition) is 1. The summed E-state index contributed by atoms with van der Waals surface area (Å²) in [6, 6.07) is 10.00. The summed E-state index contributed by atoms with van der Waals surface area (Å²) in [5.74, 6) is 0.724. The molecule has 7 heteroatoms. The largest absolute Gasteiger partial charge is 0.385 e. The summed E-state index contributed by atoms with van der Waals surface area (Å²) in [5, 5.41) is 4.67. The van der Waals surface area contributed by atoms with Crippen LogP contribution < -0.4 is 5.32 Å². The van der Waals surface area contributed by atoms with Crippen molar-refractivity contribution in [2.24, 2.45) is 0 Å². The molecule has 1 atom stereocenters. The second kappa shape index (κ2) is 12.4. The molecule has 1 unspecified atom stereocenters. The molecule has 3 aromatic rings. The first-order valence-electron chi connectivity index (χ1n) is 14.2. The average molecular weight is 505 g/mol. The van der Waals surface area contributed by atoms with Gasteiger partial charge in [-0.1, -0.05) is 43.5 Å². The number of ether oxygens (including phenoxy) is 1. The molecule has 1 aromatic carbocycles. The molecule has 37 heavy (non-hydrogen) atoms. The van der Waals surface area contributed by atoms with Crippen molar-refractivity contribution < 1.29 is 4.74 Å². The third-order valence-electron chi connectivity index (χ3n) is 8.17. The van der Waals surface area contributed by atoms with Gasteiger partial charge in [0.15, 0.2) is 0 Å². The van der Waals surface area contributed by atoms with Crippen molar-refractivity contribution in [3.63, 3.8) is 0 Å². The fraction of sp³-hybridized carbons (Fsp3) is 0.600. The maximum atomic E-state index is 5.21. The Morgan fingerprint density at radius 3 is 2.54 bits per heavy atom. The molecule has 0 spiro atoms. The number of rotatable bonds is 10. The average Bonchev–Trinajstić information content (AvgIpc) is 3.30. The smallest absolute Gasteiger partial charge is 0.224 e. The van der Waals surface area contributed by atoms with Crippen LogP contribution in [0.1, 0.15) is 63.5 Å². The van der Waals surface area contributed by atoms with Crippen LogP contribution in [0.2, 0.25) is 0 Å². The fourth-order valence-corrected chi connectivity index (χ4v) is 5.85. The van der Waals surface area contributed by atoms with Gasteiger partial charge in [0.05, 0.1) is 0 Å². The first kappa shape index (κ1) is 26.1. The zero-order valence-corrected chi connectivity index (χ0v) is 23.0. The number of hydrogen-bond acceptors (Lipinski definition) is 6. The molecule has 7 nitrogen and oxygen atoms in total. The van der Waals surface area contributed by atoms with E-state index in [-0.39, 0.29) is 0 Å². The number of nitrogens with zero attached hydrogens (tertiary/aromatic N) is 5. The monoisotopic (exact) mass is 504 g/mol. The lowest BCUT2D eigenvalue weighted by Crippen LogP contribution is -2.43. The summed E-state index contributed by atoms with van der Waals surface area (Å²) in [7, 11) is 3.97. The molecule has 3 heterocycles. The fourth-order valence-electron chi connectivity index (χ4n) is 5.85. The van der Waals surface area contributed by atoms with Crippen LogP contribution in [-0.2, 0) is 11.3 Å². The summed E-state index contributed by atoms with van der Waals surface area (Å²) in [6.45, 7) is 8.60. The standard InChI is InChI=1S/C30H44N6O/c1-23(8-7-19-37-3)32-30-31-20-27-28(22-36(29(27)33-30)26-9-5-4-6-10-26)25-13-11-24(12-14-25)21-35-17-15-34(2)16-18-35/h11-14,20,22-23,26H,4-10,15-19,21H2,1-3H3,(H,31,32,33). The molecular formula is C30H44N6O. The minimum Gasteiger partial charge on any atom is -0.385 e. The van der Waals surface area contributed by atoms with Gasteiger partial charge < -0.3 is 19.5 Å². The van der Waals surface area contributed by atoms with E-state index < -0.39 is 0 Å². The Hall–Kier alpha value is -2.48. The van der Waals surface area contributed by atoms with Crippen LogP contribution in [0.15, 0.2) is 36.7 Å². The van der Waals surface area contributed by atoms with Gasteiger partial charge in [0, 0.05) is 81.9 Å². The summed E-state index contributed by atoms with van der Waals surface area (Å²) >= 11 is 0. The second-order valence-electron chi connectivity index (χ2n) is 11.1. The maximum absolute atomic E-state index is 5.21. The van der Waals surface area contributed by atoms with E-state index in [1.165, 1.54) is 48.8 Å². The van der Waals surface area contributed by atoms with E-state index in [0.29, 0.717) is 12.1 Å². The van der Waals surface area contributed by atoms with Gasteiger partial charge >= 0.3 is 0 Å². The Bertz CT molecular complexity index is 1130. The molecule has 2 aromatic heterocycles. The van der Waals surface area contributed by atoms with E-state index in [1.54, 1.807) is 7.11 Å². The molecule has 1 aliphatic carbocycles. The predicted molar refractivity (Wildman–Crippen MR) is 152 cm³/mol. The molecular weight excluding hydrogens is 460 g/mol. The van der Waals surface area contributed by atoms with E-state index in [9.17, 15) is 0 Å². The van der Waals surface area contributed by atoms with Gasteiger partial charge in [-0.15, -0.1) is 0 Å². The topological polar surface area (TPSA) is 58.5 Å².